The highest BCUT2D eigenvalue weighted by molar-refractivity contribution is 7.26. The van der Waals surface area contributed by atoms with E-state index in [-0.39, 0.29) is 0 Å². The zero-order chi connectivity index (χ0) is 32.6. The van der Waals surface area contributed by atoms with Gasteiger partial charge in [-0.05, 0) is 51.6 Å². The number of hydrogen-bond acceptors (Lipinski definition) is 4. The molecule has 0 amide bonds. The third-order valence-electron chi connectivity index (χ3n) is 8.95. The molecular weight excluding hydrogens is 615 g/mol. The third kappa shape index (κ3) is 5.58. The molecule has 0 radical (unpaired) electrons. The Hall–Kier alpha value is -6.23. The van der Waals surface area contributed by atoms with Gasteiger partial charge in [-0.25, -0.2) is 15.0 Å². The topological polar surface area (TPSA) is 38.7 Å². The van der Waals surface area contributed by atoms with E-state index >= 15 is 0 Å². The van der Waals surface area contributed by atoms with Gasteiger partial charge in [0.2, 0.25) is 0 Å². The summed E-state index contributed by atoms with van der Waals surface area (Å²) in [6.45, 7) is 0. The Morgan fingerprint density at radius 1 is 0.306 bits per heavy atom. The summed E-state index contributed by atoms with van der Waals surface area (Å²) in [7, 11) is 0. The normalized spacial score (nSPS) is 11.3. The lowest BCUT2D eigenvalue weighted by Crippen LogP contribution is -2.00. The Labute approximate surface area is 288 Å². The molecule has 9 rings (SSSR count). The highest BCUT2D eigenvalue weighted by atomic mass is 32.1. The van der Waals surface area contributed by atoms with Crippen molar-refractivity contribution in [2.45, 2.75) is 0 Å². The molecule has 0 saturated heterocycles. The first kappa shape index (κ1) is 29.0. The second-order valence-electron chi connectivity index (χ2n) is 12.1. The molecule has 0 N–H and O–H groups in total. The molecule has 0 aliphatic carbocycles. The van der Waals surface area contributed by atoms with Crippen molar-refractivity contribution in [1.82, 2.24) is 15.0 Å². The van der Waals surface area contributed by atoms with Gasteiger partial charge >= 0.3 is 0 Å². The lowest BCUT2D eigenvalue weighted by Gasteiger charge is -2.10. The fourth-order valence-electron chi connectivity index (χ4n) is 6.45. The Morgan fingerprint density at radius 3 is 1.43 bits per heavy atom. The largest absolute Gasteiger partial charge is 0.208 e. The Morgan fingerprint density at radius 2 is 0.776 bits per heavy atom. The number of thiophene rings is 1. The molecule has 0 fully saturated rings. The second-order valence-corrected chi connectivity index (χ2v) is 13.1. The molecule has 49 heavy (non-hydrogen) atoms. The first-order valence-corrected chi connectivity index (χ1v) is 17.2. The van der Waals surface area contributed by atoms with Crippen molar-refractivity contribution in [3.8, 4) is 67.5 Å². The Kier molecular flexibility index (Phi) is 7.34. The van der Waals surface area contributed by atoms with Crippen LogP contribution in [0.25, 0.3) is 87.7 Å². The van der Waals surface area contributed by atoms with Crippen LogP contribution in [0.1, 0.15) is 0 Å². The number of fused-ring (bicyclic) bond motifs is 3. The van der Waals surface area contributed by atoms with Gasteiger partial charge in [0.05, 0.1) is 0 Å². The lowest BCUT2D eigenvalue weighted by molar-refractivity contribution is 1.07. The standard InChI is InChI=1S/C45H29N3S/c1-4-12-30(13-5-1)31-22-24-32(25-23-31)38-20-11-21-39-40-29-36(26-27-41(40)49-42(38)39)35-18-10-19-37(28-35)45-47-43(33-14-6-2-7-15-33)46-44(48-45)34-16-8-3-9-17-34/h1-29H. The van der Waals surface area contributed by atoms with Crippen molar-refractivity contribution in [3.63, 3.8) is 0 Å². The van der Waals surface area contributed by atoms with Crippen molar-refractivity contribution in [2.75, 3.05) is 0 Å². The van der Waals surface area contributed by atoms with Gasteiger partial charge in [-0.3, -0.25) is 0 Å². The number of aromatic nitrogens is 3. The van der Waals surface area contributed by atoms with Gasteiger partial charge in [0.25, 0.3) is 0 Å². The third-order valence-corrected chi connectivity index (χ3v) is 10.2. The molecule has 2 heterocycles. The predicted octanol–water partition coefficient (Wildman–Crippen LogP) is 12.2. The average Bonchev–Trinajstić information content (AvgIpc) is 3.57. The van der Waals surface area contributed by atoms with Crippen molar-refractivity contribution < 1.29 is 0 Å². The fraction of sp³-hybridized carbons (Fsp3) is 0. The van der Waals surface area contributed by atoms with Gasteiger partial charge < -0.3 is 0 Å². The molecule has 7 aromatic carbocycles. The van der Waals surface area contributed by atoms with Gasteiger partial charge in [0.1, 0.15) is 0 Å². The summed E-state index contributed by atoms with van der Waals surface area (Å²) < 4.78 is 2.59. The zero-order valence-electron chi connectivity index (χ0n) is 26.5. The quantitative estimate of drug-likeness (QED) is 0.181. The minimum absolute atomic E-state index is 0.652. The number of nitrogens with zero attached hydrogens (tertiary/aromatic N) is 3. The minimum atomic E-state index is 0.652. The van der Waals surface area contributed by atoms with Crippen LogP contribution in [0.5, 0.6) is 0 Å². The van der Waals surface area contributed by atoms with E-state index in [1.807, 2.05) is 72.0 Å². The predicted molar refractivity (Wildman–Crippen MR) is 205 cm³/mol. The van der Waals surface area contributed by atoms with Gasteiger partial charge in [-0.1, -0.05) is 158 Å². The first-order chi connectivity index (χ1) is 24.3. The molecule has 0 spiro atoms. The van der Waals surface area contributed by atoms with Gasteiger partial charge in [0.15, 0.2) is 17.5 Å². The average molecular weight is 644 g/mol. The van der Waals surface area contributed by atoms with E-state index in [2.05, 4.69) is 115 Å². The van der Waals surface area contributed by atoms with E-state index in [1.54, 1.807) is 0 Å². The molecule has 0 unspecified atom stereocenters. The molecule has 0 bridgehead atoms. The molecule has 3 nitrogen and oxygen atoms in total. The van der Waals surface area contributed by atoms with E-state index in [1.165, 1.54) is 42.4 Å². The van der Waals surface area contributed by atoms with E-state index in [4.69, 9.17) is 15.0 Å². The van der Waals surface area contributed by atoms with Crippen LogP contribution in [-0.4, -0.2) is 15.0 Å². The highest BCUT2D eigenvalue weighted by Crippen LogP contribution is 2.42. The van der Waals surface area contributed by atoms with Crippen LogP contribution in [0, 0.1) is 0 Å². The van der Waals surface area contributed by atoms with E-state index in [0.717, 1.165) is 27.8 Å². The van der Waals surface area contributed by atoms with Crippen LogP contribution in [0.2, 0.25) is 0 Å². The fourth-order valence-corrected chi connectivity index (χ4v) is 7.67. The van der Waals surface area contributed by atoms with Crippen molar-refractivity contribution in [2.24, 2.45) is 0 Å². The smallest absolute Gasteiger partial charge is 0.164 e. The summed E-state index contributed by atoms with van der Waals surface area (Å²) in [5, 5.41) is 2.55. The number of rotatable bonds is 6. The lowest BCUT2D eigenvalue weighted by atomic mass is 9.98. The maximum absolute atomic E-state index is 4.96. The molecule has 0 atom stereocenters. The number of hydrogen-bond donors (Lipinski definition) is 0. The molecule has 0 aliphatic rings. The monoisotopic (exact) mass is 643 g/mol. The summed E-state index contributed by atoms with van der Waals surface area (Å²) in [6.07, 6.45) is 0. The van der Waals surface area contributed by atoms with Crippen molar-refractivity contribution >= 4 is 31.5 Å². The maximum atomic E-state index is 4.96. The van der Waals surface area contributed by atoms with Crippen LogP contribution in [0.3, 0.4) is 0 Å². The molecule has 230 valence electrons. The SMILES string of the molecule is c1ccc(-c2ccc(-c3cccc4c3sc3ccc(-c5cccc(-c6nc(-c7ccccc7)nc(-c7ccccc7)n6)c5)cc34)cc2)cc1. The van der Waals surface area contributed by atoms with Gasteiger partial charge in [0, 0.05) is 36.9 Å². The van der Waals surface area contributed by atoms with Gasteiger partial charge in [-0.15, -0.1) is 11.3 Å². The Balaban J connectivity index is 1.10. The first-order valence-electron chi connectivity index (χ1n) is 16.4. The molecule has 2 aromatic heterocycles. The van der Waals surface area contributed by atoms with Crippen LogP contribution >= 0.6 is 11.3 Å². The molecular formula is C45H29N3S. The van der Waals surface area contributed by atoms with Crippen LogP contribution in [0.4, 0.5) is 0 Å². The minimum Gasteiger partial charge on any atom is -0.208 e. The molecule has 9 aromatic rings. The van der Waals surface area contributed by atoms with Crippen LogP contribution in [0.15, 0.2) is 176 Å². The zero-order valence-corrected chi connectivity index (χ0v) is 27.3. The van der Waals surface area contributed by atoms with E-state index in [0.29, 0.717) is 17.5 Å². The van der Waals surface area contributed by atoms with Gasteiger partial charge in [-0.2, -0.15) is 0 Å². The Bertz CT molecular complexity index is 2520. The molecule has 0 saturated carbocycles. The summed E-state index contributed by atoms with van der Waals surface area (Å²) >= 11 is 1.86. The summed E-state index contributed by atoms with van der Waals surface area (Å²) in [5.41, 5.74) is 10.1. The number of benzene rings is 7. The van der Waals surface area contributed by atoms with E-state index in [9.17, 15) is 0 Å². The van der Waals surface area contributed by atoms with E-state index < -0.39 is 0 Å². The van der Waals surface area contributed by atoms with Crippen LogP contribution in [-0.2, 0) is 0 Å². The summed E-state index contributed by atoms with van der Waals surface area (Å²) in [5.74, 6) is 1.97. The van der Waals surface area contributed by atoms with Crippen LogP contribution < -0.4 is 0 Å². The summed E-state index contributed by atoms with van der Waals surface area (Å²) in [6, 6.07) is 61.7. The molecule has 0 aliphatic heterocycles. The van der Waals surface area contributed by atoms with Crippen molar-refractivity contribution in [1.29, 1.82) is 0 Å². The summed E-state index contributed by atoms with van der Waals surface area (Å²) in [4.78, 5) is 14.8. The maximum Gasteiger partial charge on any atom is 0.164 e. The molecule has 4 heteroatoms. The van der Waals surface area contributed by atoms with Crippen molar-refractivity contribution in [3.05, 3.63) is 176 Å². The second kappa shape index (κ2) is 12.4. The highest BCUT2D eigenvalue weighted by Gasteiger charge is 2.15.